The summed E-state index contributed by atoms with van der Waals surface area (Å²) in [6, 6.07) is 3.23. The summed E-state index contributed by atoms with van der Waals surface area (Å²) in [5.74, 6) is -3.00. The molecule has 1 aliphatic heterocycles. The van der Waals surface area contributed by atoms with Gasteiger partial charge < -0.3 is 10.4 Å². The Hall–Kier alpha value is -2.20. The van der Waals surface area contributed by atoms with Gasteiger partial charge in [0.25, 0.3) is 0 Å². The number of nitrogens with zero attached hydrogens (tertiary/aromatic N) is 2. The molecule has 0 aliphatic carbocycles. The molecule has 1 heterocycles. The third-order valence-corrected chi connectivity index (χ3v) is 3.64. The highest BCUT2D eigenvalue weighted by molar-refractivity contribution is 5.79. The van der Waals surface area contributed by atoms with Crippen molar-refractivity contribution >= 4 is 5.91 Å². The zero-order valence-corrected chi connectivity index (χ0v) is 13.4. The third kappa shape index (κ3) is 4.63. The highest BCUT2D eigenvalue weighted by atomic mass is 19.1. The van der Waals surface area contributed by atoms with Crippen LogP contribution in [0.1, 0.15) is 25.8 Å². The van der Waals surface area contributed by atoms with Crippen LogP contribution in [0.5, 0.6) is 5.75 Å². The number of nitrogens with one attached hydrogen (secondary N) is 1. The first kappa shape index (κ1) is 18.8. The summed E-state index contributed by atoms with van der Waals surface area (Å²) in [4.78, 5) is 13.8. The van der Waals surface area contributed by atoms with Gasteiger partial charge in [0, 0.05) is 30.8 Å². The average Bonchev–Trinajstić information content (AvgIpc) is 2.89. The number of amides is 1. The highest BCUT2D eigenvalue weighted by Crippen LogP contribution is 2.23. The number of carbonyl (C=O) groups excluding carboxylic acids is 1. The molecule has 5 nitrogen and oxygen atoms in total. The minimum absolute atomic E-state index is 0.159. The Labute approximate surface area is 134 Å². The SMILES string of the molecule is CC.CN1CC(C(=O)NCc2c(O)cc(F)cc2F)CC1C#N. The van der Waals surface area contributed by atoms with Crippen LogP contribution in [-0.4, -0.2) is 35.5 Å². The molecule has 1 saturated heterocycles. The molecule has 7 heteroatoms. The van der Waals surface area contributed by atoms with E-state index in [4.69, 9.17) is 5.26 Å². The molecule has 2 N–H and O–H groups in total. The Morgan fingerprint density at radius 1 is 1.48 bits per heavy atom. The summed E-state index contributed by atoms with van der Waals surface area (Å²) >= 11 is 0. The van der Waals surface area contributed by atoms with Gasteiger partial charge >= 0.3 is 0 Å². The summed E-state index contributed by atoms with van der Waals surface area (Å²) < 4.78 is 26.4. The highest BCUT2D eigenvalue weighted by Gasteiger charge is 2.33. The molecule has 1 amide bonds. The zero-order valence-electron chi connectivity index (χ0n) is 13.4. The maximum absolute atomic E-state index is 13.5. The van der Waals surface area contributed by atoms with E-state index in [0.717, 1.165) is 6.07 Å². The first-order valence-corrected chi connectivity index (χ1v) is 7.46. The minimum atomic E-state index is -0.911. The van der Waals surface area contributed by atoms with E-state index in [1.807, 2.05) is 13.8 Å². The van der Waals surface area contributed by atoms with Crippen molar-refractivity contribution in [2.24, 2.45) is 5.92 Å². The molecule has 1 aromatic carbocycles. The van der Waals surface area contributed by atoms with E-state index in [-0.39, 0.29) is 30.0 Å². The van der Waals surface area contributed by atoms with Crippen molar-refractivity contribution in [2.75, 3.05) is 13.6 Å². The molecule has 1 fully saturated rings. The maximum Gasteiger partial charge on any atom is 0.224 e. The molecule has 1 aliphatic rings. The second kappa shape index (κ2) is 8.44. The number of aromatic hydroxyl groups is 1. The molecule has 2 unspecified atom stereocenters. The van der Waals surface area contributed by atoms with Crippen LogP contribution in [-0.2, 0) is 11.3 Å². The standard InChI is InChI=1S/C14H15F2N3O2.C2H6/c1-19-7-8(2-10(19)5-17)14(21)18-6-11-12(16)3-9(15)4-13(11)20;1-2/h3-4,8,10,20H,2,6-7H2,1H3,(H,18,21);1-2H3. The fraction of sp³-hybridized carbons (Fsp3) is 0.500. The number of likely N-dealkylation sites (tertiary alicyclic amines) is 1. The van der Waals surface area contributed by atoms with Crippen LogP contribution in [0.3, 0.4) is 0 Å². The fourth-order valence-electron chi connectivity index (χ4n) is 2.42. The molecule has 126 valence electrons. The van der Waals surface area contributed by atoms with Gasteiger partial charge in [-0.3, -0.25) is 9.69 Å². The Morgan fingerprint density at radius 3 is 2.65 bits per heavy atom. The number of phenolic OH excluding ortho intramolecular Hbond substituents is 1. The maximum atomic E-state index is 13.5. The largest absolute Gasteiger partial charge is 0.507 e. The topological polar surface area (TPSA) is 76.4 Å². The monoisotopic (exact) mass is 325 g/mol. The number of phenols is 1. The van der Waals surface area contributed by atoms with E-state index in [9.17, 15) is 18.7 Å². The molecule has 0 saturated carbocycles. The Bertz CT molecular complexity index is 578. The summed E-state index contributed by atoms with van der Waals surface area (Å²) in [6.07, 6.45) is 0.413. The first-order valence-electron chi connectivity index (χ1n) is 7.46. The number of rotatable bonds is 3. The number of carbonyl (C=O) groups is 1. The fourth-order valence-corrected chi connectivity index (χ4v) is 2.42. The van der Waals surface area contributed by atoms with Crippen molar-refractivity contribution in [3.63, 3.8) is 0 Å². The third-order valence-electron chi connectivity index (χ3n) is 3.64. The predicted octanol–water partition coefficient (Wildman–Crippen LogP) is 2.16. The summed E-state index contributed by atoms with van der Waals surface area (Å²) in [5, 5.41) is 20.9. The molecular weight excluding hydrogens is 304 g/mol. The van der Waals surface area contributed by atoms with E-state index in [1.54, 1.807) is 11.9 Å². The number of benzene rings is 1. The van der Waals surface area contributed by atoms with Gasteiger partial charge in [0.05, 0.1) is 18.0 Å². The molecule has 0 spiro atoms. The van der Waals surface area contributed by atoms with Crippen LogP contribution in [0.4, 0.5) is 8.78 Å². The lowest BCUT2D eigenvalue weighted by molar-refractivity contribution is -0.124. The van der Waals surface area contributed by atoms with Crippen molar-refractivity contribution < 1.29 is 18.7 Å². The molecule has 2 atom stereocenters. The van der Waals surface area contributed by atoms with E-state index in [1.165, 1.54) is 0 Å². The van der Waals surface area contributed by atoms with Crippen LogP contribution in [0.15, 0.2) is 12.1 Å². The van der Waals surface area contributed by atoms with Gasteiger partial charge in [-0.1, -0.05) is 13.8 Å². The molecule has 2 rings (SSSR count). The molecular formula is C16H21F2N3O2. The number of nitriles is 1. The summed E-state index contributed by atoms with van der Waals surface area (Å²) in [6.45, 7) is 4.22. The van der Waals surface area contributed by atoms with Crippen LogP contribution < -0.4 is 5.32 Å². The van der Waals surface area contributed by atoms with E-state index >= 15 is 0 Å². The van der Waals surface area contributed by atoms with Gasteiger partial charge in [0.15, 0.2) is 0 Å². The molecule has 0 bridgehead atoms. The van der Waals surface area contributed by atoms with Gasteiger partial charge in [0.1, 0.15) is 17.4 Å². The Balaban J connectivity index is 0.00000127. The molecule has 0 aromatic heterocycles. The number of hydrogen-bond acceptors (Lipinski definition) is 4. The lowest BCUT2D eigenvalue weighted by Gasteiger charge is -2.12. The Morgan fingerprint density at radius 2 is 2.13 bits per heavy atom. The quantitative estimate of drug-likeness (QED) is 0.893. The Kier molecular flexibility index (Phi) is 6.91. The van der Waals surface area contributed by atoms with Crippen molar-refractivity contribution in [1.29, 1.82) is 5.26 Å². The van der Waals surface area contributed by atoms with Crippen molar-refractivity contribution in [2.45, 2.75) is 32.9 Å². The summed E-state index contributed by atoms with van der Waals surface area (Å²) in [5.41, 5.74) is -0.159. The van der Waals surface area contributed by atoms with Gasteiger partial charge in [0.2, 0.25) is 5.91 Å². The van der Waals surface area contributed by atoms with Crippen LogP contribution in [0.2, 0.25) is 0 Å². The molecule has 1 aromatic rings. The molecule has 23 heavy (non-hydrogen) atoms. The van der Waals surface area contributed by atoms with Gasteiger partial charge in [-0.05, 0) is 13.5 Å². The van der Waals surface area contributed by atoms with Crippen molar-refractivity contribution in [3.05, 3.63) is 29.3 Å². The van der Waals surface area contributed by atoms with Crippen molar-refractivity contribution in [3.8, 4) is 11.8 Å². The number of hydrogen-bond donors (Lipinski definition) is 2. The normalized spacial score (nSPS) is 20.3. The lowest BCUT2D eigenvalue weighted by Crippen LogP contribution is -2.32. The van der Waals surface area contributed by atoms with E-state index in [0.29, 0.717) is 19.0 Å². The first-order chi connectivity index (χ1) is 10.9. The number of halogens is 2. The van der Waals surface area contributed by atoms with Crippen LogP contribution in [0.25, 0.3) is 0 Å². The molecule has 0 radical (unpaired) electrons. The zero-order chi connectivity index (χ0) is 17.6. The van der Waals surface area contributed by atoms with Crippen LogP contribution >= 0.6 is 0 Å². The second-order valence-electron chi connectivity index (χ2n) is 5.12. The smallest absolute Gasteiger partial charge is 0.224 e. The van der Waals surface area contributed by atoms with Gasteiger partial charge in [-0.15, -0.1) is 0 Å². The van der Waals surface area contributed by atoms with Gasteiger partial charge in [-0.25, -0.2) is 8.78 Å². The minimum Gasteiger partial charge on any atom is -0.507 e. The van der Waals surface area contributed by atoms with E-state index in [2.05, 4.69) is 11.4 Å². The predicted molar refractivity (Wildman–Crippen MR) is 81.4 cm³/mol. The van der Waals surface area contributed by atoms with Gasteiger partial charge in [-0.2, -0.15) is 5.26 Å². The lowest BCUT2D eigenvalue weighted by atomic mass is 10.1. The van der Waals surface area contributed by atoms with Crippen LogP contribution in [0, 0.1) is 28.9 Å². The van der Waals surface area contributed by atoms with E-state index < -0.39 is 17.4 Å². The average molecular weight is 325 g/mol. The summed E-state index contributed by atoms with van der Waals surface area (Å²) in [7, 11) is 1.76. The van der Waals surface area contributed by atoms with Crippen molar-refractivity contribution in [1.82, 2.24) is 10.2 Å². The second-order valence-corrected chi connectivity index (χ2v) is 5.12.